The van der Waals surface area contributed by atoms with Gasteiger partial charge >= 0.3 is 12.0 Å². The lowest BCUT2D eigenvalue weighted by Crippen LogP contribution is -2.64. The van der Waals surface area contributed by atoms with E-state index in [9.17, 15) is 24.5 Å². The Labute approximate surface area is 90.0 Å². The maximum Gasteiger partial charge on any atom is 0.395 e. The van der Waals surface area contributed by atoms with Crippen LogP contribution in [0.1, 0.15) is 6.92 Å². The van der Waals surface area contributed by atoms with Gasteiger partial charge in [-0.05, 0) is 0 Å². The van der Waals surface area contributed by atoms with Crippen molar-refractivity contribution in [1.82, 2.24) is 0 Å². The Kier molecular flexibility index (Phi) is 3.81. The Morgan fingerprint density at radius 1 is 1.44 bits per heavy atom. The largest absolute Gasteiger partial charge is 0.402 e. The van der Waals surface area contributed by atoms with Crippen molar-refractivity contribution in [3.63, 3.8) is 0 Å². The van der Waals surface area contributed by atoms with Gasteiger partial charge in [0.25, 0.3) is 0 Å². The summed E-state index contributed by atoms with van der Waals surface area (Å²) in [6, 6.07) is -3.28. The van der Waals surface area contributed by atoms with Crippen molar-refractivity contribution in [3.8, 4) is 0 Å². The summed E-state index contributed by atoms with van der Waals surface area (Å²) in [7, 11) is 0. The normalized spacial score (nSPS) is 44.1. The second kappa shape index (κ2) is 4.60. The van der Waals surface area contributed by atoms with Gasteiger partial charge in [-0.2, -0.15) is 4.39 Å². The molecule has 5 atom stereocenters. The molecule has 0 radical (unpaired) electrons. The first kappa shape index (κ1) is 13.3. The van der Waals surface area contributed by atoms with E-state index in [-0.39, 0.29) is 0 Å². The van der Waals surface area contributed by atoms with Gasteiger partial charge in [0.15, 0.2) is 6.10 Å². The van der Waals surface area contributed by atoms with Crippen LogP contribution in [0.3, 0.4) is 0 Å². The second-order valence-electron chi connectivity index (χ2n) is 3.44. The van der Waals surface area contributed by atoms with Gasteiger partial charge in [0, 0.05) is 6.92 Å². The van der Waals surface area contributed by atoms with E-state index in [1.807, 2.05) is 0 Å². The molecule has 7 nitrogen and oxygen atoms in total. The average Bonchev–Trinajstić information content (AvgIpc) is 2.20. The number of rotatable bonds is 2. The molecule has 1 fully saturated rings. The summed E-state index contributed by atoms with van der Waals surface area (Å²) in [5, 5.41) is 36.6. The highest BCUT2D eigenvalue weighted by atomic mass is 19.2. The number of ether oxygens (including phenoxy) is 2. The number of aliphatic hydroxyl groups is 4. The molecule has 0 aromatic carbocycles. The number of carbonyl (C=O) groups excluding carboxylic acids is 1. The Hall–Kier alpha value is -0.800. The summed E-state index contributed by atoms with van der Waals surface area (Å²) >= 11 is 0. The first-order valence-electron chi connectivity index (χ1n) is 4.53. The van der Waals surface area contributed by atoms with Crippen LogP contribution in [0.2, 0.25) is 0 Å². The van der Waals surface area contributed by atoms with Crippen LogP contribution in [0.25, 0.3) is 0 Å². The molecule has 1 aliphatic heterocycles. The number of esters is 1. The third-order valence-corrected chi connectivity index (χ3v) is 2.18. The molecule has 1 saturated heterocycles. The quantitative estimate of drug-likeness (QED) is 0.399. The Morgan fingerprint density at radius 2 is 2.00 bits per heavy atom. The highest BCUT2D eigenvalue weighted by molar-refractivity contribution is 5.66. The number of halogens is 1. The Morgan fingerprint density at radius 3 is 2.44 bits per heavy atom. The molecule has 0 aromatic heterocycles. The molecular weight excluding hydrogens is 227 g/mol. The van der Waals surface area contributed by atoms with Gasteiger partial charge in [0.1, 0.15) is 18.3 Å². The van der Waals surface area contributed by atoms with Crippen LogP contribution in [0.15, 0.2) is 0 Å². The Balaban J connectivity index is 2.89. The van der Waals surface area contributed by atoms with Crippen molar-refractivity contribution < 1.29 is 39.1 Å². The molecule has 0 aliphatic carbocycles. The molecule has 0 saturated carbocycles. The van der Waals surface area contributed by atoms with Gasteiger partial charge in [-0.15, -0.1) is 0 Å². The van der Waals surface area contributed by atoms with Gasteiger partial charge in [0.05, 0.1) is 6.61 Å². The number of aliphatic hydroxyl groups excluding tert-OH is 4. The van der Waals surface area contributed by atoms with E-state index in [0.29, 0.717) is 0 Å². The highest BCUT2D eigenvalue weighted by Crippen LogP contribution is 2.32. The van der Waals surface area contributed by atoms with Crippen LogP contribution in [-0.4, -0.2) is 63.5 Å². The minimum Gasteiger partial charge on any atom is -0.402 e. The SMILES string of the molecule is CC(=O)OC1(F)O[C@H](CO)[C@H](O)[C@H](O)[C@H]1O. The molecule has 1 rings (SSSR count). The van der Waals surface area contributed by atoms with Crippen LogP contribution in [0, 0.1) is 0 Å². The highest BCUT2D eigenvalue weighted by Gasteiger charge is 2.57. The molecule has 1 unspecified atom stereocenters. The maximum absolute atomic E-state index is 13.8. The summed E-state index contributed by atoms with van der Waals surface area (Å²) in [4.78, 5) is 10.6. The van der Waals surface area contributed by atoms with Crippen molar-refractivity contribution >= 4 is 5.97 Å². The van der Waals surface area contributed by atoms with E-state index >= 15 is 0 Å². The fourth-order valence-electron chi connectivity index (χ4n) is 1.38. The van der Waals surface area contributed by atoms with E-state index in [1.165, 1.54) is 0 Å². The van der Waals surface area contributed by atoms with E-state index in [2.05, 4.69) is 9.47 Å². The molecule has 0 spiro atoms. The summed E-state index contributed by atoms with van der Waals surface area (Å²) in [6.07, 6.45) is -7.37. The van der Waals surface area contributed by atoms with E-state index in [0.717, 1.165) is 6.92 Å². The third kappa shape index (κ3) is 2.30. The predicted molar refractivity (Wildman–Crippen MR) is 45.6 cm³/mol. The zero-order valence-electron chi connectivity index (χ0n) is 8.41. The van der Waals surface area contributed by atoms with Gasteiger partial charge in [-0.1, -0.05) is 0 Å². The smallest absolute Gasteiger partial charge is 0.395 e. The van der Waals surface area contributed by atoms with Crippen LogP contribution < -0.4 is 0 Å². The van der Waals surface area contributed by atoms with Gasteiger partial charge in [-0.25, -0.2) is 0 Å². The fourth-order valence-corrected chi connectivity index (χ4v) is 1.38. The lowest BCUT2D eigenvalue weighted by atomic mass is 9.98. The molecule has 0 aromatic rings. The molecule has 1 heterocycles. The van der Waals surface area contributed by atoms with E-state index in [4.69, 9.17) is 5.11 Å². The molecular formula is C8H13FO7. The summed E-state index contributed by atoms with van der Waals surface area (Å²) < 4.78 is 22.3. The first-order chi connectivity index (χ1) is 7.31. The zero-order valence-corrected chi connectivity index (χ0v) is 8.41. The first-order valence-corrected chi connectivity index (χ1v) is 4.53. The topological polar surface area (TPSA) is 116 Å². The van der Waals surface area contributed by atoms with Crippen LogP contribution in [0.4, 0.5) is 4.39 Å². The summed E-state index contributed by atoms with van der Waals surface area (Å²) in [5.74, 6) is -1.08. The van der Waals surface area contributed by atoms with Gasteiger partial charge < -0.3 is 29.9 Å². The lowest BCUT2D eigenvalue weighted by Gasteiger charge is -2.42. The molecule has 1 aliphatic rings. The summed E-state index contributed by atoms with van der Waals surface area (Å²) in [6.45, 7) is 0.0701. The van der Waals surface area contributed by atoms with Crippen LogP contribution in [-0.2, 0) is 14.3 Å². The number of hydrogen-bond donors (Lipinski definition) is 4. The van der Waals surface area contributed by atoms with E-state index in [1.54, 1.807) is 0 Å². The molecule has 16 heavy (non-hydrogen) atoms. The minimum atomic E-state index is -3.28. The lowest BCUT2D eigenvalue weighted by molar-refractivity contribution is -0.403. The zero-order chi connectivity index (χ0) is 12.5. The second-order valence-corrected chi connectivity index (χ2v) is 3.44. The summed E-state index contributed by atoms with van der Waals surface area (Å²) in [5.41, 5.74) is 0. The predicted octanol–water partition coefficient (Wildman–Crippen LogP) is -2.35. The van der Waals surface area contributed by atoms with Crippen molar-refractivity contribution in [1.29, 1.82) is 0 Å². The molecule has 4 N–H and O–H groups in total. The van der Waals surface area contributed by atoms with Crippen molar-refractivity contribution in [2.75, 3.05) is 6.61 Å². The number of hydrogen-bond acceptors (Lipinski definition) is 7. The van der Waals surface area contributed by atoms with Gasteiger partial charge in [-0.3, -0.25) is 4.79 Å². The monoisotopic (exact) mass is 240 g/mol. The maximum atomic E-state index is 13.8. The standard InChI is InChI=1S/C8H13FO7/c1-3(11)15-8(9)7(14)6(13)5(12)4(2-10)16-8/h4-7,10,12-14H,2H2,1H3/t4-,5+,6+,7-,8?/m1/s1. The average molecular weight is 240 g/mol. The molecule has 8 heteroatoms. The number of alkyl halides is 1. The number of carbonyl (C=O) groups is 1. The van der Waals surface area contributed by atoms with Crippen molar-refractivity contribution in [2.45, 2.75) is 37.4 Å². The minimum absolute atomic E-state index is 0.808. The molecule has 94 valence electrons. The molecule has 0 amide bonds. The molecule has 0 bridgehead atoms. The van der Waals surface area contributed by atoms with Crippen molar-refractivity contribution in [2.24, 2.45) is 0 Å². The fraction of sp³-hybridized carbons (Fsp3) is 0.875. The van der Waals surface area contributed by atoms with Crippen LogP contribution in [0.5, 0.6) is 0 Å². The Bertz CT molecular complexity index is 271. The van der Waals surface area contributed by atoms with Crippen molar-refractivity contribution in [3.05, 3.63) is 0 Å². The van der Waals surface area contributed by atoms with Crippen LogP contribution >= 0.6 is 0 Å². The van der Waals surface area contributed by atoms with Gasteiger partial charge in [0.2, 0.25) is 0 Å². The van der Waals surface area contributed by atoms with E-state index < -0.39 is 43.0 Å². The third-order valence-electron chi connectivity index (χ3n) is 2.18.